The first-order valence-corrected chi connectivity index (χ1v) is 8.64. The standard InChI is InChI=1S/C17H30N4O2/c1-13(2)11-21-9-8-18-16(21)10-19-17(23)20(3)12-14-6-4-5-7-15(14)22/h8-9,13-15,22H,4-7,10-12H2,1-3H3,(H,19,23)/t14-,15-/m0/s1. The minimum absolute atomic E-state index is 0.109. The highest BCUT2D eigenvalue weighted by atomic mass is 16.3. The zero-order chi connectivity index (χ0) is 16.8. The SMILES string of the molecule is CC(C)Cn1ccnc1CNC(=O)N(C)C[C@@H]1CCCC[C@@H]1O. The Labute approximate surface area is 138 Å². The lowest BCUT2D eigenvalue weighted by atomic mass is 9.86. The maximum Gasteiger partial charge on any atom is 0.317 e. The fraction of sp³-hybridized carbons (Fsp3) is 0.765. The van der Waals surface area contributed by atoms with Crippen LogP contribution in [0.1, 0.15) is 45.4 Å². The molecule has 2 amide bonds. The van der Waals surface area contributed by atoms with E-state index >= 15 is 0 Å². The number of hydrogen-bond donors (Lipinski definition) is 2. The number of carbonyl (C=O) groups excluding carboxylic acids is 1. The van der Waals surface area contributed by atoms with Gasteiger partial charge in [-0.2, -0.15) is 0 Å². The van der Waals surface area contributed by atoms with Crippen molar-refractivity contribution in [1.29, 1.82) is 0 Å². The quantitative estimate of drug-likeness (QED) is 0.844. The van der Waals surface area contributed by atoms with E-state index in [1.165, 1.54) is 0 Å². The van der Waals surface area contributed by atoms with Gasteiger partial charge in [-0.15, -0.1) is 0 Å². The van der Waals surface area contributed by atoms with E-state index in [0.29, 0.717) is 19.0 Å². The number of amides is 2. The molecule has 6 nitrogen and oxygen atoms in total. The van der Waals surface area contributed by atoms with Crippen molar-refractivity contribution in [2.45, 2.75) is 58.7 Å². The van der Waals surface area contributed by atoms with Crippen LogP contribution < -0.4 is 5.32 Å². The molecule has 0 bridgehead atoms. The van der Waals surface area contributed by atoms with Crippen molar-refractivity contribution in [3.05, 3.63) is 18.2 Å². The molecule has 0 unspecified atom stereocenters. The lowest BCUT2D eigenvalue weighted by Gasteiger charge is -2.31. The van der Waals surface area contributed by atoms with Crippen LogP contribution in [0.5, 0.6) is 0 Å². The first kappa shape index (κ1) is 17.8. The lowest BCUT2D eigenvalue weighted by molar-refractivity contribution is 0.0564. The Morgan fingerprint density at radius 1 is 1.48 bits per heavy atom. The van der Waals surface area contributed by atoms with Crippen molar-refractivity contribution in [1.82, 2.24) is 19.8 Å². The number of nitrogens with one attached hydrogen (secondary N) is 1. The topological polar surface area (TPSA) is 70.4 Å². The molecular formula is C17H30N4O2. The van der Waals surface area contributed by atoms with E-state index in [2.05, 4.69) is 28.7 Å². The van der Waals surface area contributed by atoms with Gasteiger partial charge >= 0.3 is 6.03 Å². The number of hydrogen-bond acceptors (Lipinski definition) is 3. The third kappa shape index (κ3) is 5.23. The van der Waals surface area contributed by atoms with Crippen LogP contribution in [-0.2, 0) is 13.1 Å². The Morgan fingerprint density at radius 3 is 2.91 bits per heavy atom. The molecule has 0 spiro atoms. The summed E-state index contributed by atoms with van der Waals surface area (Å²) >= 11 is 0. The molecule has 1 aliphatic rings. The highest BCUT2D eigenvalue weighted by molar-refractivity contribution is 5.73. The second-order valence-electron chi connectivity index (χ2n) is 7.04. The average molecular weight is 322 g/mol. The molecule has 1 fully saturated rings. The van der Waals surface area contributed by atoms with Crippen molar-refractivity contribution in [2.75, 3.05) is 13.6 Å². The fourth-order valence-electron chi connectivity index (χ4n) is 3.19. The number of aliphatic hydroxyl groups is 1. The van der Waals surface area contributed by atoms with E-state index in [1.807, 2.05) is 6.20 Å². The van der Waals surface area contributed by atoms with Crippen molar-refractivity contribution in [2.24, 2.45) is 11.8 Å². The summed E-state index contributed by atoms with van der Waals surface area (Å²) in [7, 11) is 1.79. The van der Waals surface area contributed by atoms with E-state index in [0.717, 1.165) is 38.1 Å². The third-order valence-corrected chi connectivity index (χ3v) is 4.49. The lowest BCUT2D eigenvalue weighted by Crippen LogP contribution is -2.43. The largest absolute Gasteiger partial charge is 0.393 e. The van der Waals surface area contributed by atoms with E-state index in [4.69, 9.17) is 0 Å². The number of aromatic nitrogens is 2. The first-order chi connectivity index (χ1) is 11.0. The van der Waals surface area contributed by atoms with Crippen LogP contribution in [0.15, 0.2) is 12.4 Å². The summed E-state index contributed by atoms with van der Waals surface area (Å²) in [6.45, 7) is 6.25. The zero-order valence-corrected chi connectivity index (χ0v) is 14.5. The van der Waals surface area contributed by atoms with Crippen LogP contribution in [0.25, 0.3) is 0 Å². The van der Waals surface area contributed by atoms with E-state index in [9.17, 15) is 9.90 Å². The maximum atomic E-state index is 12.2. The smallest absolute Gasteiger partial charge is 0.317 e. The fourth-order valence-corrected chi connectivity index (χ4v) is 3.19. The normalized spacial score (nSPS) is 21.4. The van der Waals surface area contributed by atoms with Gasteiger partial charge in [0.05, 0.1) is 12.6 Å². The molecule has 1 aromatic rings. The molecule has 2 atom stereocenters. The average Bonchev–Trinajstić information content (AvgIpc) is 2.93. The molecule has 0 aromatic carbocycles. The minimum atomic E-state index is -0.274. The van der Waals surface area contributed by atoms with Gasteiger partial charge in [0.2, 0.25) is 0 Å². The Bertz CT molecular complexity index is 501. The molecule has 1 aromatic heterocycles. The number of rotatable bonds is 6. The number of nitrogens with zero attached hydrogens (tertiary/aromatic N) is 3. The zero-order valence-electron chi connectivity index (χ0n) is 14.5. The first-order valence-electron chi connectivity index (χ1n) is 8.64. The van der Waals surface area contributed by atoms with Gasteiger partial charge < -0.3 is 19.9 Å². The summed E-state index contributed by atoms with van der Waals surface area (Å²) in [6, 6.07) is -0.109. The Morgan fingerprint density at radius 2 is 2.22 bits per heavy atom. The molecule has 6 heteroatoms. The highest BCUT2D eigenvalue weighted by Crippen LogP contribution is 2.24. The van der Waals surface area contributed by atoms with Gasteiger partial charge in [0.25, 0.3) is 0 Å². The Hall–Kier alpha value is -1.56. The maximum absolute atomic E-state index is 12.2. The van der Waals surface area contributed by atoms with Crippen LogP contribution in [-0.4, -0.2) is 45.3 Å². The summed E-state index contributed by atoms with van der Waals surface area (Å²) in [5, 5.41) is 13.0. The number of urea groups is 1. The molecule has 1 aliphatic carbocycles. The molecule has 1 saturated carbocycles. The van der Waals surface area contributed by atoms with E-state index < -0.39 is 0 Å². The minimum Gasteiger partial charge on any atom is -0.393 e. The van der Waals surface area contributed by atoms with Crippen molar-refractivity contribution in [3.8, 4) is 0 Å². The predicted octanol–water partition coefficient (Wildman–Crippen LogP) is 2.23. The van der Waals surface area contributed by atoms with Crippen LogP contribution in [0, 0.1) is 11.8 Å². The number of imidazole rings is 1. The van der Waals surface area contributed by atoms with Gasteiger partial charge in [-0.1, -0.05) is 26.7 Å². The van der Waals surface area contributed by atoms with Gasteiger partial charge in [0.15, 0.2) is 0 Å². The summed E-state index contributed by atoms with van der Waals surface area (Å²) in [4.78, 5) is 18.2. The van der Waals surface area contributed by atoms with Gasteiger partial charge in [-0.3, -0.25) is 0 Å². The Kier molecular flexibility index (Phi) is 6.45. The summed E-state index contributed by atoms with van der Waals surface area (Å²) in [5.74, 6) is 1.61. The molecule has 23 heavy (non-hydrogen) atoms. The predicted molar refractivity (Wildman–Crippen MR) is 89.9 cm³/mol. The van der Waals surface area contributed by atoms with Crippen molar-refractivity contribution in [3.63, 3.8) is 0 Å². The van der Waals surface area contributed by atoms with E-state index in [-0.39, 0.29) is 18.1 Å². The molecule has 2 N–H and O–H groups in total. The van der Waals surface area contributed by atoms with Crippen LogP contribution in [0.3, 0.4) is 0 Å². The van der Waals surface area contributed by atoms with Gasteiger partial charge in [0.1, 0.15) is 5.82 Å². The Balaban J connectivity index is 1.81. The molecule has 0 radical (unpaired) electrons. The van der Waals surface area contributed by atoms with E-state index in [1.54, 1.807) is 18.1 Å². The molecule has 2 rings (SSSR count). The van der Waals surface area contributed by atoms with Crippen molar-refractivity contribution >= 4 is 6.03 Å². The molecular weight excluding hydrogens is 292 g/mol. The third-order valence-electron chi connectivity index (χ3n) is 4.49. The summed E-state index contributed by atoms with van der Waals surface area (Å²) < 4.78 is 2.08. The van der Waals surface area contributed by atoms with Crippen LogP contribution in [0.4, 0.5) is 4.79 Å². The molecule has 0 saturated heterocycles. The van der Waals surface area contributed by atoms with Gasteiger partial charge in [0, 0.05) is 38.4 Å². The second kappa shape index (κ2) is 8.34. The number of aliphatic hydroxyl groups excluding tert-OH is 1. The van der Waals surface area contributed by atoms with Crippen LogP contribution in [0.2, 0.25) is 0 Å². The highest BCUT2D eigenvalue weighted by Gasteiger charge is 2.25. The molecule has 130 valence electrons. The monoisotopic (exact) mass is 322 g/mol. The number of carbonyl (C=O) groups is 1. The van der Waals surface area contributed by atoms with Gasteiger partial charge in [-0.05, 0) is 18.8 Å². The summed E-state index contributed by atoms with van der Waals surface area (Å²) in [6.07, 6.45) is 7.53. The van der Waals surface area contributed by atoms with Crippen molar-refractivity contribution < 1.29 is 9.90 Å². The molecule has 1 heterocycles. The van der Waals surface area contributed by atoms with Gasteiger partial charge in [-0.25, -0.2) is 9.78 Å². The summed E-state index contributed by atoms with van der Waals surface area (Å²) in [5.41, 5.74) is 0. The molecule has 0 aliphatic heterocycles. The van der Waals surface area contributed by atoms with Crippen LogP contribution >= 0.6 is 0 Å². The second-order valence-corrected chi connectivity index (χ2v) is 7.04.